The summed E-state index contributed by atoms with van der Waals surface area (Å²) in [6, 6.07) is 5.47. The average molecular weight is 316 g/mol. The van der Waals surface area contributed by atoms with E-state index in [0.29, 0.717) is 11.7 Å². The molecule has 0 aromatic heterocycles. The summed E-state index contributed by atoms with van der Waals surface area (Å²) in [7, 11) is 3.22. The van der Waals surface area contributed by atoms with E-state index in [1.54, 1.807) is 20.4 Å². The van der Waals surface area contributed by atoms with Gasteiger partial charge in [-0.05, 0) is 42.4 Å². The Kier molecular flexibility index (Phi) is 4.28. The Morgan fingerprint density at radius 1 is 1.35 bits per heavy atom. The molecule has 0 radical (unpaired) electrons. The van der Waals surface area contributed by atoms with E-state index >= 15 is 0 Å². The third-order valence-electron chi connectivity index (χ3n) is 5.43. The number of carbonyl (C=O) groups is 1. The summed E-state index contributed by atoms with van der Waals surface area (Å²) in [6.07, 6.45) is 6.41. The zero-order chi connectivity index (χ0) is 16.4. The summed E-state index contributed by atoms with van der Waals surface area (Å²) in [6.45, 7) is 2.23. The van der Waals surface area contributed by atoms with Gasteiger partial charge in [-0.2, -0.15) is 5.10 Å². The predicted molar refractivity (Wildman–Crippen MR) is 88.8 cm³/mol. The van der Waals surface area contributed by atoms with Crippen LogP contribution in [0, 0.1) is 17.3 Å². The van der Waals surface area contributed by atoms with E-state index in [2.05, 4.69) is 17.5 Å². The zero-order valence-corrected chi connectivity index (χ0v) is 14.0. The first-order valence-corrected chi connectivity index (χ1v) is 8.15. The van der Waals surface area contributed by atoms with Gasteiger partial charge in [0.2, 0.25) is 5.91 Å². The molecule has 1 aromatic rings. The number of nitrogens with one attached hydrogen (secondary N) is 1. The van der Waals surface area contributed by atoms with Crippen LogP contribution in [-0.2, 0) is 4.79 Å². The number of carbonyl (C=O) groups excluding carboxylic acids is 1. The first kappa shape index (κ1) is 15.8. The Morgan fingerprint density at radius 3 is 2.83 bits per heavy atom. The summed E-state index contributed by atoms with van der Waals surface area (Å²) >= 11 is 0. The lowest BCUT2D eigenvalue weighted by molar-refractivity contribution is -0.123. The van der Waals surface area contributed by atoms with Gasteiger partial charge in [0.05, 0.1) is 20.4 Å². The minimum absolute atomic E-state index is 0.0394. The maximum atomic E-state index is 12.4. The molecule has 2 aliphatic carbocycles. The lowest BCUT2D eigenvalue weighted by Gasteiger charge is -2.15. The quantitative estimate of drug-likeness (QED) is 0.671. The molecule has 5 heteroatoms. The van der Waals surface area contributed by atoms with E-state index in [1.807, 2.05) is 18.2 Å². The fourth-order valence-corrected chi connectivity index (χ4v) is 4.03. The highest BCUT2D eigenvalue weighted by Gasteiger charge is 2.64. The van der Waals surface area contributed by atoms with Crippen LogP contribution in [0.5, 0.6) is 11.5 Å². The van der Waals surface area contributed by atoms with E-state index in [0.717, 1.165) is 17.7 Å². The lowest BCUT2D eigenvalue weighted by atomic mass is 9.90. The fourth-order valence-electron chi connectivity index (χ4n) is 4.03. The topological polar surface area (TPSA) is 59.9 Å². The van der Waals surface area contributed by atoms with Crippen molar-refractivity contribution in [3.63, 3.8) is 0 Å². The van der Waals surface area contributed by atoms with Crippen molar-refractivity contribution in [2.24, 2.45) is 22.4 Å². The minimum Gasteiger partial charge on any atom is -0.497 e. The van der Waals surface area contributed by atoms with Crippen molar-refractivity contribution in [2.75, 3.05) is 14.2 Å². The number of ether oxygens (including phenoxy) is 2. The number of hydrogen-bond acceptors (Lipinski definition) is 4. The number of benzene rings is 1. The molecule has 1 N–H and O–H groups in total. The second-order valence-electron chi connectivity index (χ2n) is 6.68. The smallest absolute Gasteiger partial charge is 0.244 e. The van der Waals surface area contributed by atoms with Gasteiger partial charge in [-0.3, -0.25) is 4.79 Å². The maximum absolute atomic E-state index is 12.4. The van der Waals surface area contributed by atoms with E-state index in [1.165, 1.54) is 19.3 Å². The molecular formula is C18H24N2O3. The summed E-state index contributed by atoms with van der Waals surface area (Å²) in [5.41, 5.74) is 3.67. The second kappa shape index (κ2) is 6.22. The monoisotopic (exact) mass is 316 g/mol. The molecule has 124 valence electrons. The van der Waals surface area contributed by atoms with Crippen LogP contribution in [0.1, 0.15) is 38.2 Å². The van der Waals surface area contributed by atoms with Gasteiger partial charge in [0.15, 0.2) is 0 Å². The molecule has 0 aliphatic heterocycles. The molecule has 3 rings (SSSR count). The molecule has 2 aliphatic rings. The molecule has 23 heavy (non-hydrogen) atoms. The molecule has 1 amide bonds. The summed E-state index contributed by atoms with van der Waals surface area (Å²) in [4.78, 5) is 12.4. The molecule has 1 aromatic carbocycles. The third-order valence-corrected chi connectivity index (χ3v) is 5.43. The molecule has 0 spiro atoms. The van der Waals surface area contributed by atoms with E-state index in [9.17, 15) is 4.79 Å². The van der Waals surface area contributed by atoms with Gasteiger partial charge in [-0.15, -0.1) is 0 Å². The van der Waals surface area contributed by atoms with E-state index < -0.39 is 0 Å². The molecular weight excluding hydrogens is 292 g/mol. The number of rotatable bonds is 5. The van der Waals surface area contributed by atoms with Crippen molar-refractivity contribution in [3.8, 4) is 11.5 Å². The van der Waals surface area contributed by atoms with Crippen molar-refractivity contribution < 1.29 is 14.3 Å². The number of fused-ring (bicyclic) bond motifs is 1. The zero-order valence-electron chi connectivity index (χ0n) is 14.0. The SMILES string of the molecule is COc1ccc(OC)c(/C=N\NC(=O)[C@H]2[C@@H]3CCCC[C@]32C)c1. The molecule has 5 nitrogen and oxygen atoms in total. The standard InChI is InChI=1S/C18H24N2O3/c1-18-9-5-4-6-14(18)16(18)17(21)20-19-11-12-10-13(22-2)7-8-15(12)23-3/h7-8,10-11,14,16H,4-6,9H2,1-3H3,(H,20,21)/b19-11-/t14-,16+,18+/m0/s1. The second-order valence-corrected chi connectivity index (χ2v) is 6.68. The largest absolute Gasteiger partial charge is 0.497 e. The van der Waals surface area contributed by atoms with Crippen molar-refractivity contribution in [1.29, 1.82) is 0 Å². The van der Waals surface area contributed by atoms with Crippen molar-refractivity contribution in [1.82, 2.24) is 5.43 Å². The fraction of sp³-hybridized carbons (Fsp3) is 0.556. The molecule has 2 fully saturated rings. The van der Waals surface area contributed by atoms with Crippen LogP contribution >= 0.6 is 0 Å². The van der Waals surface area contributed by atoms with Crippen LogP contribution in [0.25, 0.3) is 0 Å². The lowest BCUT2D eigenvalue weighted by Crippen LogP contribution is -2.22. The van der Waals surface area contributed by atoms with Gasteiger partial charge in [0.25, 0.3) is 0 Å². The normalized spacial score (nSPS) is 29.0. The van der Waals surface area contributed by atoms with Crippen LogP contribution in [0.15, 0.2) is 23.3 Å². The highest BCUT2D eigenvalue weighted by Crippen LogP contribution is 2.66. The number of hydrazone groups is 1. The Balaban J connectivity index is 1.64. The number of hydrogen-bond donors (Lipinski definition) is 1. The van der Waals surface area contributed by atoms with Gasteiger partial charge in [-0.1, -0.05) is 19.8 Å². The highest BCUT2D eigenvalue weighted by molar-refractivity contribution is 5.87. The van der Waals surface area contributed by atoms with Gasteiger partial charge in [0, 0.05) is 11.5 Å². The molecule has 0 heterocycles. The Hall–Kier alpha value is -2.04. The van der Waals surface area contributed by atoms with E-state index in [4.69, 9.17) is 9.47 Å². The number of nitrogens with zero attached hydrogens (tertiary/aromatic N) is 1. The van der Waals surface area contributed by atoms with Crippen molar-refractivity contribution in [3.05, 3.63) is 23.8 Å². The van der Waals surface area contributed by atoms with Gasteiger partial charge in [-0.25, -0.2) is 5.43 Å². The Labute approximate surface area is 137 Å². The van der Waals surface area contributed by atoms with Gasteiger partial charge < -0.3 is 9.47 Å². The number of methoxy groups -OCH3 is 2. The third kappa shape index (κ3) is 2.92. The highest BCUT2D eigenvalue weighted by atomic mass is 16.5. The molecule has 2 saturated carbocycles. The van der Waals surface area contributed by atoms with Crippen molar-refractivity contribution in [2.45, 2.75) is 32.6 Å². The van der Waals surface area contributed by atoms with Crippen LogP contribution in [0.2, 0.25) is 0 Å². The summed E-state index contributed by atoms with van der Waals surface area (Å²) < 4.78 is 10.5. The van der Waals surface area contributed by atoms with Crippen LogP contribution in [0.4, 0.5) is 0 Å². The number of amides is 1. The van der Waals surface area contributed by atoms with Crippen LogP contribution in [-0.4, -0.2) is 26.3 Å². The molecule has 0 bridgehead atoms. The molecule has 0 unspecified atom stereocenters. The molecule has 3 atom stereocenters. The Bertz CT molecular complexity index is 629. The Morgan fingerprint density at radius 2 is 2.17 bits per heavy atom. The maximum Gasteiger partial charge on any atom is 0.244 e. The van der Waals surface area contributed by atoms with Gasteiger partial charge >= 0.3 is 0 Å². The van der Waals surface area contributed by atoms with E-state index in [-0.39, 0.29) is 17.2 Å². The first-order chi connectivity index (χ1) is 11.1. The predicted octanol–water partition coefficient (Wildman–Crippen LogP) is 2.98. The van der Waals surface area contributed by atoms with Gasteiger partial charge in [0.1, 0.15) is 11.5 Å². The minimum atomic E-state index is 0.0394. The van der Waals surface area contributed by atoms with Crippen LogP contribution < -0.4 is 14.9 Å². The van der Waals surface area contributed by atoms with Crippen molar-refractivity contribution >= 4 is 12.1 Å². The average Bonchev–Trinajstić information content (AvgIpc) is 3.20. The summed E-state index contributed by atoms with van der Waals surface area (Å²) in [5.74, 6) is 2.11. The molecule has 0 saturated heterocycles. The summed E-state index contributed by atoms with van der Waals surface area (Å²) in [5, 5.41) is 4.12. The first-order valence-electron chi connectivity index (χ1n) is 8.15. The van der Waals surface area contributed by atoms with Crippen LogP contribution in [0.3, 0.4) is 0 Å².